The van der Waals surface area contributed by atoms with Crippen LogP contribution in [0.1, 0.15) is 38.8 Å². The van der Waals surface area contributed by atoms with Gasteiger partial charge in [-0.05, 0) is 43.2 Å². The summed E-state index contributed by atoms with van der Waals surface area (Å²) in [6.07, 6.45) is 0.791. The van der Waals surface area contributed by atoms with E-state index >= 15 is 0 Å². The third-order valence-corrected chi connectivity index (χ3v) is 6.32. The minimum absolute atomic E-state index is 0.00387. The fourth-order valence-corrected chi connectivity index (χ4v) is 4.77. The lowest BCUT2D eigenvalue weighted by atomic mass is 9.91. The molecule has 5 heteroatoms. The first-order valence-corrected chi connectivity index (χ1v) is 10.8. The van der Waals surface area contributed by atoms with Crippen molar-refractivity contribution >= 4 is 16.8 Å². The number of benzene rings is 3. The molecule has 5 nitrogen and oxygen atoms in total. The number of methoxy groups -OCH3 is 2. The molecule has 1 aromatic heterocycles. The number of aromatic amines is 1. The summed E-state index contributed by atoms with van der Waals surface area (Å²) in [5.74, 6) is 1.30. The van der Waals surface area contributed by atoms with Crippen LogP contribution in [0.3, 0.4) is 0 Å². The number of hydrogen-bond donors (Lipinski definition) is 1. The highest BCUT2D eigenvalue weighted by Crippen LogP contribution is 2.44. The maximum absolute atomic E-state index is 13.7. The topological polar surface area (TPSA) is 54.6 Å². The van der Waals surface area contributed by atoms with E-state index in [1.54, 1.807) is 14.2 Å². The molecule has 1 aliphatic heterocycles. The summed E-state index contributed by atoms with van der Waals surface area (Å²) >= 11 is 0. The lowest BCUT2D eigenvalue weighted by Gasteiger charge is -2.37. The van der Waals surface area contributed by atoms with Crippen LogP contribution in [0.4, 0.5) is 0 Å². The number of nitrogens with one attached hydrogen (secondary N) is 1. The number of carbonyl (C=O) groups is 1. The standard InChI is InChI=1S/C27H26N2O3/c1-17-11-13-18(14-12-17)27(30)29-16-15-20-19-7-4-5-9-22(19)28-24(20)25(29)21-8-6-10-23(31-2)26(21)32-3/h4-14,25,28H,15-16H2,1-3H3. The lowest BCUT2D eigenvalue weighted by Crippen LogP contribution is -2.40. The van der Waals surface area contributed by atoms with Crippen LogP contribution in [0.25, 0.3) is 10.9 Å². The van der Waals surface area contributed by atoms with E-state index in [1.165, 1.54) is 10.9 Å². The second-order valence-electron chi connectivity index (χ2n) is 8.16. The Hall–Kier alpha value is -3.73. The molecule has 1 amide bonds. The lowest BCUT2D eigenvalue weighted by molar-refractivity contribution is 0.0690. The van der Waals surface area contributed by atoms with E-state index in [9.17, 15) is 4.79 Å². The maximum Gasteiger partial charge on any atom is 0.254 e. The molecular weight excluding hydrogens is 400 g/mol. The van der Waals surface area contributed by atoms with Crippen LogP contribution in [0.2, 0.25) is 0 Å². The van der Waals surface area contributed by atoms with Gasteiger partial charge in [0, 0.05) is 34.3 Å². The molecule has 1 aliphatic rings. The Labute approximate surface area is 187 Å². The average Bonchev–Trinajstić information content (AvgIpc) is 3.21. The molecule has 32 heavy (non-hydrogen) atoms. The Morgan fingerprint density at radius 1 is 0.969 bits per heavy atom. The number of para-hydroxylation sites is 2. The normalized spacial score (nSPS) is 15.5. The van der Waals surface area contributed by atoms with Gasteiger partial charge < -0.3 is 19.4 Å². The highest BCUT2D eigenvalue weighted by atomic mass is 16.5. The number of aryl methyl sites for hydroxylation is 1. The van der Waals surface area contributed by atoms with E-state index in [1.807, 2.05) is 60.4 Å². The van der Waals surface area contributed by atoms with Crippen molar-refractivity contribution in [2.75, 3.05) is 20.8 Å². The van der Waals surface area contributed by atoms with Gasteiger partial charge in [0.2, 0.25) is 0 Å². The predicted molar refractivity (Wildman–Crippen MR) is 126 cm³/mol. The number of rotatable bonds is 4. The van der Waals surface area contributed by atoms with E-state index in [2.05, 4.69) is 23.2 Å². The molecule has 1 unspecified atom stereocenters. The van der Waals surface area contributed by atoms with Crippen molar-refractivity contribution in [1.82, 2.24) is 9.88 Å². The minimum Gasteiger partial charge on any atom is -0.493 e. The highest BCUT2D eigenvalue weighted by molar-refractivity contribution is 5.95. The van der Waals surface area contributed by atoms with Crippen LogP contribution in [0.5, 0.6) is 11.5 Å². The number of H-pyrrole nitrogens is 1. The molecule has 0 spiro atoms. The van der Waals surface area contributed by atoms with Gasteiger partial charge >= 0.3 is 0 Å². The van der Waals surface area contributed by atoms with Crippen LogP contribution in [0, 0.1) is 6.92 Å². The molecule has 1 atom stereocenters. The third-order valence-electron chi connectivity index (χ3n) is 6.32. The predicted octanol–water partition coefficient (Wildman–Crippen LogP) is 5.28. The zero-order chi connectivity index (χ0) is 22.2. The van der Waals surface area contributed by atoms with Gasteiger partial charge in [-0.2, -0.15) is 0 Å². The van der Waals surface area contributed by atoms with Crippen LogP contribution in [-0.4, -0.2) is 36.6 Å². The molecular formula is C27H26N2O3. The van der Waals surface area contributed by atoms with Crippen molar-refractivity contribution in [3.8, 4) is 11.5 Å². The summed E-state index contributed by atoms with van der Waals surface area (Å²) in [5, 5.41) is 1.21. The summed E-state index contributed by atoms with van der Waals surface area (Å²) in [7, 11) is 3.27. The van der Waals surface area contributed by atoms with Crippen molar-refractivity contribution in [1.29, 1.82) is 0 Å². The zero-order valence-corrected chi connectivity index (χ0v) is 18.5. The Bertz CT molecular complexity index is 1290. The Balaban J connectivity index is 1.71. The van der Waals surface area contributed by atoms with Crippen molar-refractivity contribution in [3.05, 3.63) is 94.7 Å². The monoisotopic (exact) mass is 426 g/mol. The molecule has 0 aliphatic carbocycles. The largest absolute Gasteiger partial charge is 0.493 e. The summed E-state index contributed by atoms with van der Waals surface area (Å²) in [4.78, 5) is 19.3. The average molecular weight is 427 g/mol. The number of nitrogens with zero attached hydrogens (tertiary/aromatic N) is 1. The molecule has 2 heterocycles. The molecule has 5 rings (SSSR count). The summed E-state index contributed by atoms with van der Waals surface area (Å²) in [6, 6.07) is 21.6. The van der Waals surface area contributed by atoms with Gasteiger partial charge in [-0.1, -0.05) is 48.0 Å². The van der Waals surface area contributed by atoms with E-state index in [-0.39, 0.29) is 11.9 Å². The first kappa shape index (κ1) is 20.2. The van der Waals surface area contributed by atoms with Crippen molar-refractivity contribution < 1.29 is 14.3 Å². The van der Waals surface area contributed by atoms with Gasteiger partial charge in [0.1, 0.15) is 6.04 Å². The van der Waals surface area contributed by atoms with Crippen LogP contribution >= 0.6 is 0 Å². The first-order valence-electron chi connectivity index (χ1n) is 10.8. The fraction of sp³-hybridized carbons (Fsp3) is 0.222. The molecule has 0 radical (unpaired) electrons. The van der Waals surface area contributed by atoms with Gasteiger partial charge in [-0.15, -0.1) is 0 Å². The van der Waals surface area contributed by atoms with Crippen LogP contribution < -0.4 is 9.47 Å². The SMILES string of the molecule is COc1cccc(C2c3[nH]c4ccccc4c3CCN2C(=O)c2ccc(C)cc2)c1OC. The number of carbonyl (C=O) groups excluding carboxylic acids is 1. The van der Waals surface area contributed by atoms with Crippen LogP contribution in [0.15, 0.2) is 66.7 Å². The number of aromatic nitrogens is 1. The van der Waals surface area contributed by atoms with E-state index in [0.29, 0.717) is 23.6 Å². The summed E-state index contributed by atoms with van der Waals surface area (Å²) in [6.45, 7) is 2.64. The highest BCUT2D eigenvalue weighted by Gasteiger charge is 2.37. The molecule has 0 fully saturated rings. The number of ether oxygens (including phenoxy) is 2. The molecule has 0 saturated heterocycles. The second-order valence-corrected chi connectivity index (χ2v) is 8.16. The van der Waals surface area contributed by atoms with Gasteiger partial charge in [0.05, 0.1) is 14.2 Å². The second kappa shape index (κ2) is 8.08. The van der Waals surface area contributed by atoms with Gasteiger partial charge in [0.25, 0.3) is 5.91 Å². The Kier molecular flexibility index (Phi) is 5.10. The molecule has 4 aromatic rings. The van der Waals surface area contributed by atoms with Crippen molar-refractivity contribution in [2.24, 2.45) is 0 Å². The zero-order valence-electron chi connectivity index (χ0n) is 18.5. The van der Waals surface area contributed by atoms with E-state index in [0.717, 1.165) is 28.8 Å². The number of fused-ring (bicyclic) bond motifs is 3. The van der Waals surface area contributed by atoms with Gasteiger partial charge in [0.15, 0.2) is 11.5 Å². The quantitative estimate of drug-likeness (QED) is 0.483. The van der Waals surface area contributed by atoms with Crippen LogP contribution in [-0.2, 0) is 6.42 Å². The van der Waals surface area contributed by atoms with Crippen molar-refractivity contribution in [3.63, 3.8) is 0 Å². The van der Waals surface area contributed by atoms with Crippen molar-refractivity contribution in [2.45, 2.75) is 19.4 Å². The molecule has 162 valence electrons. The first-order chi connectivity index (χ1) is 15.6. The molecule has 3 aromatic carbocycles. The number of amides is 1. The van der Waals surface area contributed by atoms with Gasteiger partial charge in [-0.25, -0.2) is 0 Å². The Morgan fingerprint density at radius 3 is 2.50 bits per heavy atom. The third kappa shape index (κ3) is 3.21. The van der Waals surface area contributed by atoms with E-state index < -0.39 is 0 Å². The Morgan fingerprint density at radius 2 is 1.75 bits per heavy atom. The summed E-state index contributed by atoms with van der Waals surface area (Å²) < 4.78 is 11.4. The molecule has 0 saturated carbocycles. The van der Waals surface area contributed by atoms with Gasteiger partial charge in [-0.3, -0.25) is 4.79 Å². The maximum atomic E-state index is 13.7. The molecule has 1 N–H and O–H groups in total. The fourth-order valence-electron chi connectivity index (χ4n) is 4.77. The molecule has 0 bridgehead atoms. The number of hydrogen-bond acceptors (Lipinski definition) is 3. The van der Waals surface area contributed by atoms with E-state index in [4.69, 9.17) is 9.47 Å². The minimum atomic E-state index is -0.315. The summed E-state index contributed by atoms with van der Waals surface area (Å²) in [5.41, 5.74) is 6.08. The smallest absolute Gasteiger partial charge is 0.254 e.